The molecule has 0 radical (unpaired) electrons. The van der Waals surface area contributed by atoms with Crippen LogP contribution in [0, 0.1) is 10.5 Å². The molecule has 0 spiro atoms. The van der Waals surface area contributed by atoms with Gasteiger partial charge in [-0.2, -0.15) is 0 Å². The number of benzene rings is 1. The first-order valence-electron chi connectivity index (χ1n) is 3.95. The van der Waals surface area contributed by atoms with Crippen LogP contribution in [0.3, 0.4) is 0 Å². The summed E-state index contributed by atoms with van der Waals surface area (Å²) in [6, 6.07) is 5.97. The highest BCUT2D eigenvalue weighted by atomic mass is 127. The van der Waals surface area contributed by atoms with Gasteiger partial charge in [0.1, 0.15) is 0 Å². The van der Waals surface area contributed by atoms with E-state index < -0.39 is 0 Å². The summed E-state index contributed by atoms with van der Waals surface area (Å²) in [6.45, 7) is 2.05. The molecule has 0 aliphatic heterocycles. The zero-order chi connectivity index (χ0) is 9.84. The van der Waals surface area contributed by atoms with Crippen molar-refractivity contribution in [3.63, 3.8) is 0 Å². The largest absolute Gasteiger partial charge is 0.469 e. The number of carbonyl (C=O) groups excluding carboxylic acids is 1. The van der Waals surface area contributed by atoms with Crippen LogP contribution in [0.4, 0.5) is 0 Å². The lowest BCUT2D eigenvalue weighted by Crippen LogP contribution is -2.04. The molecule has 0 fully saturated rings. The third kappa shape index (κ3) is 2.99. The van der Waals surface area contributed by atoms with Gasteiger partial charge >= 0.3 is 5.97 Å². The van der Waals surface area contributed by atoms with E-state index in [0.717, 1.165) is 5.56 Å². The number of aryl methyl sites for hydroxylation is 1. The van der Waals surface area contributed by atoms with Gasteiger partial charge in [0.2, 0.25) is 0 Å². The number of ether oxygens (including phenoxy) is 1. The lowest BCUT2D eigenvalue weighted by atomic mass is 10.1. The summed E-state index contributed by atoms with van der Waals surface area (Å²) >= 11 is 2.26. The third-order valence-corrected chi connectivity index (χ3v) is 2.97. The molecule has 0 bridgehead atoms. The van der Waals surface area contributed by atoms with Crippen molar-refractivity contribution in [3.05, 3.63) is 32.9 Å². The van der Waals surface area contributed by atoms with Gasteiger partial charge in [-0.25, -0.2) is 0 Å². The molecule has 2 nitrogen and oxygen atoms in total. The van der Waals surface area contributed by atoms with Crippen LogP contribution >= 0.6 is 22.6 Å². The number of hydrogen-bond acceptors (Lipinski definition) is 2. The number of rotatable bonds is 2. The topological polar surface area (TPSA) is 26.3 Å². The van der Waals surface area contributed by atoms with Crippen LogP contribution in [0.1, 0.15) is 11.1 Å². The average Bonchev–Trinajstić information content (AvgIpc) is 2.11. The Hall–Kier alpha value is -0.580. The fourth-order valence-electron chi connectivity index (χ4n) is 0.985. The molecule has 1 rings (SSSR count). The van der Waals surface area contributed by atoms with Crippen LogP contribution < -0.4 is 0 Å². The van der Waals surface area contributed by atoms with Crippen molar-refractivity contribution in [2.75, 3.05) is 7.11 Å². The van der Waals surface area contributed by atoms with Gasteiger partial charge in [-0.3, -0.25) is 4.79 Å². The summed E-state index contributed by atoms with van der Waals surface area (Å²) in [4.78, 5) is 11.0. The van der Waals surface area contributed by atoms with Crippen molar-refractivity contribution < 1.29 is 9.53 Å². The highest BCUT2D eigenvalue weighted by molar-refractivity contribution is 14.1. The molecule has 1 aromatic carbocycles. The molecule has 0 saturated heterocycles. The number of methoxy groups -OCH3 is 1. The van der Waals surface area contributed by atoms with Crippen molar-refractivity contribution in [2.45, 2.75) is 13.3 Å². The van der Waals surface area contributed by atoms with Crippen molar-refractivity contribution in [2.24, 2.45) is 0 Å². The lowest BCUT2D eigenvalue weighted by Gasteiger charge is -2.02. The van der Waals surface area contributed by atoms with E-state index in [1.807, 2.05) is 25.1 Å². The second-order valence-electron chi connectivity index (χ2n) is 2.84. The first kappa shape index (κ1) is 10.5. The highest BCUT2D eigenvalue weighted by Crippen LogP contribution is 2.13. The van der Waals surface area contributed by atoms with Gasteiger partial charge in [0, 0.05) is 3.57 Å². The van der Waals surface area contributed by atoms with Gasteiger partial charge in [-0.1, -0.05) is 12.1 Å². The Morgan fingerprint density at radius 2 is 2.23 bits per heavy atom. The molecule has 0 atom stereocenters. The van der Waals surface area contributed by atoms with E-state index in [9.17, 15) is 4.79 Å². The Morgan fingerprint density at radius 3 is 2.77 bits per heavy atom. The SMILES string of the molecule is COC(=O)Cc1ccc(C)c(I)c1. The van der Waals surface area contributed by atoms with E-state index in [1.54, 1.807) is 0 Å². The van der Waals surface area contributed by atoms with Crippen LogP contribution in [-0.2, 0) is 16.0 Å². The van der Waals surface area contributed by atoms with Crippen LogP contribution in [0.5, 0.6) is 0 Å². The predicted octanol–water partition coefficient (Wildman–Crippen LogP) is 2.32. The summed E-state index contributed by atoms with van der Waals surface area (Å²) in [5, 5.41) is 0. The van der Waals surface area contributed by atoms with Gasteiger partial charge in [-0.15, -0.1) is 0 Å². The van der Waals surface area contributed by atoms with Crippen molar-refractivity contribution in [1.29, 1.82) is 0 Å². The summed E-state index contributed by atoms with van der Waals surface area (Å²) in [5.74, 6) is -0.195. The van der Waals surface area contributed by atoms with Crippen molar-refractivity contribution in [3.8, 4) is 0 Å². The molecule has 0 saturated carbocycles. The minimum atomic E-state index is -0.195. The molecule has 0 aromatic heterocycles. The normalized spacial score (nSPS) is 9.77. The third-order valence-electron chi connectivity index (χ3n) is 1.81. The minimum Gasteiger partial charge on any atom is -0.469 e. The molecule has 0 aliphatic rings. The van der Waals surface area contributed by atoms with Crippen LogP contribution in [-0.4, -0.2) is 13.1 Å². The zero-order valence-corrected chi connectivity index (χ0v) is 9.79. The van der Waals surface area contributed by atoms with E-state index in [-0.39, 0.29) is 5.97 Å². The molecular formula is C10H11IO2. The molecule has 0 N–H and O–H groups in total. The van der Waals surface area contributed by atoms with Crippen LogP contribution in [0.15, 0.2) is 18.2 Å². The van der Waals surface area contributed by atoms with Gasteiger partial charge in [-0.05, 0) is 46.7 Å². The van der Waals surface area contributed by atoms with Gasteiger partial charge in [0.25, 0.3) is 0 Å². The molecule has 1 aromatic rings. The standard InChI is InChI=1S/C10H11IO2/c1-7-3-4-8(5-9(7)11)6-10(12)13-2/h3-5H,6H2,1-2H3. The molecule has 3 heteroatoms. The molecule has 0 aliphatic carbocycles. The quantitative estimate of drug-likeness (QED) is 0.617. The number of halogens is 1. The first-order chi connectivity index (χ1) is 6.13. The van der Waals surface area contributed by atoms with E-state index in [4.69, 9.17) is 0 Å². The Kier molecular flexibility index (Phi) is 3.71. The van der Waals surface area contributed by atoms with E-state index in [2.05, 4.69) is 27.3 Å². The second-order valence-corrected chi connectivity index (χ2v) is 4.00. The Morgan fingerprint density at radius 1 is 1.54 bits per heavy atom. The molecule has 0 heterocycles. The van der Waals surface area contributed by atoms with Crippen molar-refractivity contribution in [1.82, 2.24) is 0 Å². The average molecular weight is 290 g/mol. The summed E-state index contributed by atoms with van der Waals surface area (Å²) in [6.07, 6.45) is 0.354. The van der Waals surface area contributed by atoms with Crippen LogP contribution in [0.25, 0.3) is 0 Å². The zero-order valence-electron chi connectivity index (χ0n) is 7.63. The van der Waals surface area contributed by atoms with Crippen LogP contribution in [0.2, 0.25) is 0 Å². The molecular weight excluding hydrogens is 279 g/mol. The fourth-order valence-corrected chi connectivity index (χ4v) is 1.56. The maximum atomic E-state index is 11.0. The van der Waals surface area contributed by atoms with E-state index in [1.165, 1.54) is 16.2 Å². The molecule has 70 valence electrons. The smallest absolute Gasteiger partial charge is 0.309 e. The highest BCUT2D eigenvalue weighted by Gasteiger charge is 2.03. The summed E-state index contributed by atoms with van der Waals surface area (Å²) < 4.78 is 5.76. The van der Waals surface area contributed by atoms with Gasteiger partial charge < -0.3 is 4.74 Å². The molecule has 0 unspecified atom stereocenters. The Bertz CT molecular complexity index is 321. The molecule has 0 amide bonds. The Balaban J connectivity index is 2.79. The fraction of sp³-hybridized carbons (Fsp3) is 0.300. The number of esters is 1. The summed E-state index contributed by atoms with van der Waals surface area (Å²) in [5.41, 5.74) is 2.23. The first-order valence-corrected chi connectivity index (χ1v) is 5.03. The van der Waals surface area contributed by atoms with Gasteiger partial charge in [0.15, 0.2) is 0 Å². The van der Waals surface area contributed by atoms with E-state index >= 15 is 0 Å². The lowest BCUT2D eigenvalue weighted by molar-refractivity contribution is -0.139. The van der Waals surface area contributed by atoms with Crippen molar-refractivity contribution >= 4 is 28.6 Å². The monoisotopic (exact) mass is 290 g/mol. The summed E-state index contributed by atoms with van der Waals surface area (Å²) in [7, 11) is 1.40. The maximum absolute atomic E-state index is 11.0. The Labute approximate surface area is 91.4 Å². The minimum absolute atomic E-state index is 0.195. The van der Waals surface area contributed by atoms with Gasteiger partial charge in [0.05, 0.1) is 13.5 Å². The second kappa shape index (κ2) is 4.60. The number of hydrogen-bond donors (Lipinski definition) is 0. The number of carbonyl (C=O) groups is 1. The predicted molar refractivity (Wildman–Crippen MR) is 59.6 cm³/mol. The molecule has 13 heavy (non-hydrogen) atoms. The van der Waals surface area contributed by atoms with E-state index in [0.29, 0.717) is 6.42 Å². The maximum Gasteiger partial charge on any atom is 0.309 e.